The fourth-order valence-electron chi connectivity index (χ4n) is 0.455. The van der Waals surface area contributed by atoms with Crippen LogP contribution in [0.5, 0.6) is 0 Å². The van der Waals surface area contributed by atoms with Gasteiger partial charge >= 0.3 is 11.9 Å². The Labute approximate surface area is 57.0 Å². The van der Waals surface area contributed by atoms with Crippen molar-refractivity contribution in [2.45, 2.75) is 6.92 Å². The molecule has 0 aliphatic heterocycles. The van der Waals surface area contributed by atoms with Crippen molar-refractivity contribution in [3.63, 3.8) is 0 Å². The van der Waals surface area contributed by atoms with E-state index in [-0.39, 0.29) is 5.89 Å². The van der Waals surface area contributed by atoms with E-state index in [0.29, 0.717) is 6.61 Å². The second-order valence-corrected chi connectivity index (χ2v) is 1.46. The van der Waals surface area contributed by atoms with E-state index in [1.54, 1.807) is 6.92 Å². The molecule has 1 rings (SSSR count). The van der Waals surface area contributed by atoms with Gasteiger partial charge in [0.05, 0.1) is 6.61 Å². The molecule has 0 amide bonds. The molecule has 0 spiro atoms. The summed E-state index contributed by atoms with van der Waals surface area (Å²) in [7, 11) is 0. The van der Waals surface area contributed by atoms with Gasteiger partial charge in [-0.3, -0.25) is 0 Å². The van der Waals surface area contributed by atoms with Gasteiger partial charge < -0.3 is 9.15 Å². The molecule has 54 valence electrons. The molecule has 1 aromatic heterocycles. The van der Waals surface area contributed by atoms with Gasteiger partial charge in [-0.1, -0.05) is 0 Å². The van der Waals surface area contributed by atoms with Crippen LogP contribution in [0, 0.1) is 0 Å². The highest BCUT2D eigenvalue weighted by Crippen LogP contribution is 1.93. The normalized spacial score (nSPS) is 9.30. The summed E-state index contributed by atoms with van der Waals surface area (Å²) in [6.45, 7) is 2.01. The van der Waals surface area contributed by atoms with Crippen LogP contribution in [0.3, 0.4) is 0 Å². The topological polar surface area (TPSA) is 65.2 Å². The monoisotopic (exact) mass is 142 g/mol. The minimum atomic E-state index is -0.583. The van der Waals surface area contributed by atoms with Crippen LogP contribution in [-0.2, 0) is 4.74 Å². The Hall–Kier alpha value is -1.39. The molecule has 0 aromatic carbocycles. The first-order valence-corrected chi connectivity index (χ1v) is 2.78. The number of aromatic nitrogens is 2. The number of hydrogen-bond donors (Lipinski definition) is 0. The number of carbonyl (C=O) groups excluding carboxylic acids is 1. The van der Waals surface area contributed by atoms with Gasteiger partial charge in [0.2, 0.25) is 6.39 Å². The van der Waals surface area contributed by atoms with E-state index in [1.165, 1.54) is 0 Å². The van der Waals surface area contributed by atoms with Crippen molar-refractivity contribution in [1.82, 2.24) is 10.2 Å². The highest BCUT2D eigenvalue weighted by molar-refractivity contribution is 5.83. The van der Waals surface area contributed by atoms with Gasteiger partial charge in [0.15, 0.2) is 0 Å². The summed E-state index contributed by atoms with van der Waals surface area (Å²) in [5, 5.41) is 6.65. The molecule has 0 saturated heterocycles. The van der Waals surface area contributed by atoms with Gasteiger partial charge in [-0.25, -0.2) is 4.79 Å². The largest absolute Gasteiger partial charge is 0.459 e. The van der Waals surface area contributed by atoms with Gasteiger partial charge in [0, 0.05) is 0 Å². The molecule has 0 bridgehead atoms. The molecule has 0 N–H and O–H groups in total. The number of nitrogens with zero attached hydrogens (tertiary/aromatic N) is 2. The zero-order valence-corrected chi connectivity index (χ0v) is 5.40. The Kier molecular flexibility index (Phi) is 1.99. The molecule has 1 aromatic rings. The molecular formula is C5H6N2O3. The highest BCUT2D eigenvalue weighted by Gasteiger charge is 2.10. The second-order valence-electron chi connectivity index (χ2n) is 1.46. The number of ether oxygens (including phenoxy) is 1. The molecule has 0 radical (unpaired) electrons. The van der Waals surface area contributed by atoms with E-state index in [1.807, 2.05) is 0 Å². The third kappa shape index (κ3) is 1.31. The fourth-order valence-corrected chi connectivity index (χ4v) is 0.455. The minimum Gasteiger partial charge on any atom is -0.459 e. The van der Waals surface area contributed by atoms with E-state index < -0.39 is 5.97 Å². The lowest BCUT2D eigenvalue weighted by molar-refractivity contribution is 0.0480. The molecule has 0 unspecified atom stereocenters. The average Bonchev–Trinajstić information content (AvgIpc) is 2.38. The second kappa shape index (κ2) is 2.95. The fraction of sp³-hybridized carbons (Fsp3) is 0.400. The predicted molar refractivity (Wildman–Crippen MR) is 30.3 cm³/mol. The summed E-state index contributed by atoms with van der Waals surface area (Å²) in [6, 6.07) is 0. The molecule has 5 nitrogen and oxygen atoms in total. The third-order valence-corrected chi connectivity index (χ3v) is 0.810. The van der Waals surface area contributed by atoms with Crippen LogP contribution < -0.4 is 0 Å². The van der Waals surface area contributed by atoms with E-state index in [0.717, 1.165) is 6.39 Å². The summed E-state index contributed by atoms with van der Waals surface area (Å²) in [5.74, 6) is -0.693. The average molecular weight is 142 g/mol. The molecule has 0 aliphatic carbocycles. The first kappa shape index (κ1) is 6.73. The summed E-state index contributed by atoms with van der Waals surface area (Å²) >= 11 is 0. The lowest BCUT2D eigenvalue weighted by Gasteiger charge is -1.92. The molecule has 10 heavy (non-hydrogen) atoms. The first-order chi connectivity index (χ1) is 4.84. The number of carbonyl (C=O) groups is 1. The van der Waals surface area contributed by atoms with Crippen LogP contribution in [0.4, 0.5) is 0 Å². The van der Waals surface area contributed by atoms with Crippen molar-refractivity contribution in [2.24, 2.45) is 0 Å². The van der Waals surface area contributed by atoms with Crippen LogP contribution in [0.1, 0.15) is 17.6 Å². The maximum Gasteiger partial charge on any atom is 0.396 e. The van der Waals surface area contributed by atoms with E-state index in [2.05, 4.69) is 19.4 Å². The van der Waals surface area contributed by atoms with E-state index in [9.17, 15) is 4.79 Å². The van der Waals surface area contributed by atoms with Crippen molar-refractivity contribution >= 4 is 5.97 Å². The lowest BCUT2D eigenvalue weighted by Crippen LogP contribution is -2.04. The minimum absolute atomic E-state index is 0.109. The SMILES string of the molecule is CCOC(=O)c1nnco1. The van der Waals surface area contributed by atoms with E-state index in [4.69, 9.17) is 0 Å². The van der Waals surface area contributed by atoms with Crippen molar-refractivity contribution in [3.05, 3.63) is 12.3 Å². The van der Waals surface area contributed by atoms with Crippen molar-refractivity contribution < 1.29 is 13.9 Å². The summed E-state index contributed by atoms with van der Waals surface area (Å²) in [5.41, 5.74) is 0. The van der Waals surface area contributed by atoms with Crippen LogP contribution in [0.15, 0.2) is 10.8 Å². The molecule has 5 heteroatoms. The predicted octanol–water partition coefficient (Wildman–Crippen LogP) is 0.246. The van der Waals surface area contributed by atoms with Gasteiger partial charge in [0.1, 0.15) is 0 Å². The molecule has 0 fully saturated rings. The van der Waals surface area contributed by atoms with Gasteiger partial charge in [-0.05, 0) is 6.92 Å². The third-order valence-electron chi connectivity index (χ3n) is 0.810. The maximum atomic E-state index is 10.7. The number of hydrogen-bond acceptors (Lipinski definition) is 5. The van der Waals surface area contributed by atoms with Crippen LogP contribution >= 0.6 is 0 Å². The Morgan fingerprint density at radius 3 is 3.20 bits per heavy atom. The first-order valence-electron chi connectivity index (χ1n) is 2.78. The van der Waals surface area contributed by atoms with Crippen LogP contribution in [-0.4, -0.2) is 22.8 Å². The molecule has 0 aliphatic rings. The Morgan fingerprint density at radius 2 is 2.70 bits per heavy atom. The zero-order chi connectivity index (χ0) is 7.40. The van der Waals surface area contributed by atoms with Crippen molar-refractivity contribution in [1.29, 1.82) is 0 Å². The quantitative estimate of drug-likeness (QED) is 0.553. The maximum absolute atomic E-state index is 10.7. The van der Waals surface area contributed by atoms with Gasteiger partial charge in [0.25, 0.3) is 0 Å². The van der Waals surface area contributed by atoms with Crippen molar-refractivity contribution in [2.75, 3.05) is 6.61 Å². The van der Waals surface area contributed by atoms with Crippen LogP contribution in [0.2, 0.25) is 0 Å². The Balaban J connectivity index is 2.59. The summed E-state index contributed by atoms with van der Waals surface area (Å²) in [6.07, 6.45) is 1.08. The Bertz CT molecular complexity index is 207. The standard InChI is InChI=1S/C5H6N2O3/c1-2-9-5(8)4-7-6-3-10-4/h3H,2H2,1H3. The molecular weight excluding hydrogens is 136 g/mol. The molecule has 1 heterocycles. The molecule has 0 atom stereocenters. The summed E-state index contributed by atoms with van der Waals surface area (Å²) < 4.78 is 9.10. The number of rotatable bonds is 2. The highest BCUT2D eigenvalue weighted by atomic mass is 16.5. The van der Waals surface area contributed by atoms with Gasteiger partial charge in [-0.2, -0.15) is 0 Å². The summed E-state index contributed by atoms with van der Waals surface area (Å²) in [4.78, 5) is 10.7. The van der Waals surface area contributed by atoms with Crippen LogP contribution in [0.25, 0.3) is 0 Å². The molecule has 0 saturated carbocycles. The lowest BCUT2D eigenvalue weighted by atomic mass is 10.7. The smallest absolute Gasteiger partial charge is 0.396 e. The number of esters is 1. The zero-order valence-electron chi connectivity index (χ0n) is 5.40. The Morgan fingerprint density at radius 1 is 1.90 bits per heavy atom. The van der Waals surface area contributed by atoms with E-state index >= 15 is 0 Å². The van der Waals surface area contributed by atoms with Gasteiger partial charge in [-0.15, -0.1) is 10.2 Å². The van der Waals surface area contributed by atoms with Crippen molar-refractivity contribution in [3.8, 4) is 0 Å².